The molecule has 1 amide bonds. The number of esters is 1. The Morgan fingerprint density at radius 2 is 1.72 bits per heavy atom. The predicted octanol–water partition coefficient (Wildman–Crippen LogP) is 1.92. The van der Waals surface area contributed by atoms with Crippen molar-refractivity contribution >= 4 is 21.9 Å². The van der Waals surface area contributed by atoms with Crippen molar-refractivity contribution in [2.45, 2.75) is 50.8 Å². The molecular weight excluding hydrogens is 394 g/mol. The lowest BCUT2D eigenvalue weighted by Crippen LogP contribution is -2.40. The van der Waals surface area contributed by atoms with Gasteiger partial charge >= 0.3 is 5.97 Å². The van der Waals surface area contributed by atoms with Gasteiger partial charge in [-0.1, -0.05) is 0 Å². The molecule has 1 aromatic rings. The molecule has 2 saturated heterocycles. The minimum Gasteiger partial charge on any atom is -0.466 e. The van der Waals surface area contributed by atoms with Crippen LogP contribution in [0.15, 0.2) is 11.0 Å². The summed E-state index contributed by atoms with van der Waals surface area (Å²) in [5, 5.41) is 0. The van der Waals surface area contributed by atoms with Crippen LogP contribution in [0.5, 0.6) is 0 Å². The van der Waals surface area contributed by atoms with Gasteiger partial charge in [-0.05, 0) is 52.0 Å². The van der Waals surface area contributed by atoms with Gasteiger partial charge in [0.1, 0.15) is 10.6 Å². The molecule has 0 unspecified atom stereocenters. The van der Waals surface area contributed by atoms with E-state index in [0.717, 1.165) is 19.3 Å². The Bertz CT molecular complexity index is 863. The summed E-state index contributed by atoms with van der Waals surface area (Å²) < 4.78 is 34.6. The summed E-state index contributed by atoms with van der Waals surface area (Å²) in [6.45, 7) is 5.79. The Balaban J connectivity index is 1.77. The highest BCUT2D eigenvalue weighted by atomic mass is 32.2. The minimum absolute atomic E-state index is 0.113. The van der Waals surface area contributed by atoms with Crippen LogP contribution in [0.2, 0.25) is 0 Å². The predicted molar refractivity (Wildman–Crippen MR) is 108 cm³/mol. The molecule has 0 spiro atoms. The highest BCUT2D eigenvalue weighted by Crippen LogP contribution is 2.28. The first kappa shape index (κ1) is 21.8. The fraction of sp³-hybridized carbons (Fsp3) is 0.700. The van der Waals surface area contributed by atoms with Gasteiger partial charge in [0.15, 0.2) is 0 Å². The molecule has 0 bridgehead atoms. The van der Waals surface area contributed by atoms with Crippen molar-refractivity contribution < 1.29 is 22.7 Å². The summed E-state index contributed by atoms with van der Waals surface area (Å²) in [7, 11) is -2.00. The Hall–Kier alpha value is -1.87. The number of sulfonamides is 1. The van der Waals surface area contributed by atoms with Crippen LogP contribution in [0.1, 0.15) is 55.2 Å². The Labute approximate surface area is 172 Å². The van der Waals surface area contributed by atoms with E-state index in [9.17, 15) is 18.0 Å². The lowest BCUT2D eigenvalue weighted by atomic mass is 9.98. The van der Waals surface area contributed by atoms with Crippen molar-refractivity contribution in [2.75, 3.05) is 32.8 Å². The van der Waals surface area contributed by atoms with Gasteiger partial charge < -0.3 is 14.2 Å². The molecule has 2 fully saturated rings. The summed E-state index contributed by atoms with van der Waals surface area (Å²) in [6, 6.07) is 1.51. The summed E-state index contributed by atoms with van der Waals surface area (Å²) in [5.74, 6) is -0.623. The van der Waals surface area contributed by atoms with Crippen LogP contribution in [0.25, 0.3) is 0 Å². The maximum Gasteiger partial charge on any atom is 0.309 e. The van der Waals surface area contributed by atoms with Crippen LogP contribution in [0.4, 0.5) is 0 Å². The van der Waals surface area contributed by atoms with Crippen molar-refractivity contribution in [2.24, 2.45) is 13.0 Å². The lowest BCUT2D eigenvalue weighted by molar-refractivity contribution is -0.149. The summed E-state index contributed by atoms with van der Waals surface area (Å²) in [6.07, 6.45) is 3.98. The minimum atomic E-state index is -3.73. The van der Waals surface area contributed by atoms with Crippen LogP contribution in [-0.4, -0.2) is 66.9 Å². The van der Waals surface area contributed by atoms with Gasteiger partial charge in [-0.15, -0.1) is 0 Å². The van der Waals surface area contributed by atoms with Crippen molar-refractivity contribution in [3.05, 3.63) is 17.5 Å². The zero-order valence-corrected chi connectivity index (χ0v) is 18.3. The summed E-state index contributed by atoms with van der Waals surface area (Å²) >= 11 is 0. The smallest absolute Gasteiger partial charge is 0.309 e. The van der Waals surface area contributed by atoms with E-state index >= 15 is 0 Å². The van der Waals surface area contributed by atoms with Gasteiger partial charge in [-0.3, -0.25) is 9.59 Å². The van der Waals surface area contributed by atoms with E-state index in [1.807, 2.05) is 0 Å². The maximum absolute atomic E-state index is 13.2. The number of piperidine rings is 2. The molecular formula is C20H31N3O5S. The number of amides is 1. The molecule has 8 nitrogen and oxygen atoms in total. The number of rotatable bonds is 5. The molecule has 9 heteroatoms. The molecule has 1 aromatic heterocycles. The number of carbonyl (C=O) groups excluding carboxylic acids is 2. The number of hydrogen-bond donors (Lipinski definition) is 0. The van der Waals surface area contributed by atoms with Crippen LogP contribution in [0, 0.1) is 12.8 Å². The molecule has 3 heterocycles. The van der Waals surface area contributed by atoms with Gasteiger partial charge in [0, 0.05) is 38.9 Å². The second-order valence-electron chi connectivity index (χ2n) is 7.82. The van der Waals surface area contributed by atoms with E-state index in [-0.39, 0.29) is 35.8 Å². The zero-order valence-electron chi connectivity index (χ0n) is 17.5. The van der Waals surface area contributed by atoms with Crippen LogP contribution >= 0.6 is 0 Å². The van der Waals surface area contributed by atoms with Gasteiger partial charge in [0.2, 0.25) is 10.0 Å². The number of nitrogens with zero attached hydrogens (tertiary/aromatic N) is 3. The number of hydrogen-bond acceptors (Lipinski definition) is 5. The van der Waals surface area contributed by atoms with E-state index in [4.69, 9.17) is 4.74 Å². The normalized spacial score (nSPS) is 19.3. The van der Waals surface area contributed by atoms with Crippen molar-refractivity contribution in [1.29, 1.82) is 0 Å². The molecule has 0 aliphatic carbocycles. The summed E-state index contributed by atoms with van der Waals surface area (Å²) in [4.78, 5) is 26.8. The first-order valence-corrected chi connectivity index (χ1v) is 11.8. The van der Waals surface area contributed by atoms with Gasteiger partial charge in [0.05, 0.1) is 12.5 Å². The Kier molecular flexibility index (Phi) is 6.68. The monoisotopic (exact) mass is 425 g/mol. The fourth-order valence-electron chi connectivity index (χ4n) is 4.13. The Morgan fingerprint density at radius 1 is 1.10 bits per heavy atom. The lowest BCUT2D eigenvalue weighted by Gasteiger charge is -2.30. The van der Waals surface area contributed by atoms with Gasteiger partial charge in [-0.2, -0.15) is 4.31 Å². The molecule has 0 saturated carbocycles. The zero-order chi connectivity index (χ0) is 21.2. The van der Waals surface area contributed by atoms with E-state index in [1.165, 1.54) is 10.4 Å². The second kappa shape index (κ2) is 8.87. The summed E-state index contributed by atoms with van der Waals surface area (Å²) in [5.41, 5.74) is 0.960. The molecule has 3 rings (SSSR count). The standard InChI is InChI=1S/C20H31N3O5S/c1-4-28-20(25)16-8-12-23(13-9-16)29(26,27)18-14-17(21(3)15(18)2)19(24)22-10-6-5-7-11-22/h14,16H,4-13H2,1-3H3. The van der Waals surface area contributed by atoms with Crippen LogP contribution in [-0.2, 0) is 26.6 Å². The molecule has 0 N–H and O–H groups in total. The van der Waals surface area contributed by atoms with Crippen molar-refractivity contribution in [3.8, 4) is 0 Å². The first-order chi connectivity index (χ1) is 13.8. The van der Waals surface area contributed by atoms with Crippen LogP contribution < -0.4 is 0 Å². The SMILES string of the molecule is CCOC(=O)C1CCN(S(=O)(=O)c2cc(C(=O)N3CCCCC3)n(C)c2C)CC1. The molecule has 162 valence electrons. The quantitative estimate of drug-likeness (QED) is 0.673. The van der Waals surface area contributed by atoms with Crippen molar-refractivity contribution in [1.82, 2.24) is 13.8 Å². The van der Waals surface area contributed by atoms with Crippen molar-refractivity contribution in [3.63, 3.8) is 0 Å². The Morgan fingerprint density at radius 3 is 2.31 bits per heavy atom. The van der Waals surface area contributed by atoms with Gasteiger partial charge in [0.25, 0.3) is 5.91 Å². The average Bonchev–Trinajstić information content (AvgIpc) is 3.04. The first-order valence-electron chi connectivity index (χ1n) is 10.4. The topological polar surface area (TPSA) is 88.9 Å². The molecule has 0 aromatic carbocycles. The number of likely N-dealkylation sites (tertiary alicyclic amines) is 1. The molecule has 2 aliphatic rings. The second-order valence-corrected chi connectivity index (χ2v) is 9.73. The van der Waals surface area contributed by atoms with E-state index < -0.39 is 10.0 Å². The van der Waals surface area contributed by atoms with E-state index in [2.05, 4.69) is 0 Å². The third-order valence-electron chi connectivity index (χ3n) is 6.04. The average molecular weight is 426 g/mol. The number of ether oxygens (including phenoxy) is 1. The van der Waals surface area contributed by atoms with Crippen LogP contribution in [0.3, 0.4) is 0 Å². The molecule has 0 radical (unpaired) electrons. The molecule has 29 heavy (non-hydrogen) atoms. The molecule has 2 aliphatic heterocycles. The third-order valence-corrected chi connectivity index (χ3v) is 8.06. The fourth-order valence-corrected chi connectivity index (χ4v) is 5.87. The highest BCUT2D eigenvalue weighted by Gasteiger charge is 2.35. The van der Waals surface area contributed by atoms with E-state index in [1.54, 1.807) is 30.4 Å². The maximum atomic E-state index is 13.2. The highest BCUT2D eigenvalue weighted by molar-refractivity contribution is 7.89. The molecule has 0 atom stereocenters. The number of aromatic nitrogens is 1. The third kappa shape index (κ3) is 4.35. The number of carbonyl (C=O) groups is 2. The largest absolute Gasteiger partial charge is 0.466 e. The van der Waals surface area contributed by atoms with E-state index in [0.29, 0.717) is 43.9 Å². The van der Waals surface area contributed by atoms with Gasteiger partial charge in [-0.25, -0.2) is 8.42 Å².